The van der Waals surface area contributed by atoms with Crippen LogP contribution in [0.1, 0.15) is 50.6 Å². The van der Waals surface area contributed by atoms with Gasteiger partial charge in [0, 0.05) is 24.1 Å². The Labute approximate surface area is 126 Å². The highest BCUT2D eigenvalue weighted by molar-refractivity contribution is 5.81. The maximum Gasteiger partial charge on any atom is 0.237 e. The molecule has 114 valence electrons. The molecule has 1 amide bonds. The van der Waals surface area contributed by atoms with Gasteiger partial charge in [0.05, 0.1) is 12.6 Å². The first kappa shape index (κ1) is 14.4. The molecule has 1 aliphatic carbocycles. The van der Waals surface area contributed by atoms with Crippen LogP contribution in [0.25, 0.3) is 0 Å². The Morgan fingerprint density at radius 3 is 2.81 bits per heavy atom. The number of para-hydroxylation sites is 1. The average Bonchev–Trinajstić information content (AvgIpc) is 3.00. The summed E-state index contributed by atoms with van der Waals surface area (Å²) in [5.41, 5.74) is 1.16. The molecule has 1 fully saturated rings. The van der Waals surface area contributed by atoms with Gasteiger partial charge in [0.15, 0.2) is 0 Å². The van der Waals surface area contributed by atoms with Crippen LogP contribution in [0.3, 0.4) is 0 Å². The second-order valence-electron chi connectivity index (χ2n) is 6.11. The lowest BCUT2D eigenvalue weighted by Crippen LogP contribution is -2.47. The maximum atomic E-state index is 12.3. The first-order valence-corrected chi connectivity index (χ1v) is 8.02. The summed E-state index contributed by atoms with van der Waals surface area (Å²) >= 11 is 0. The largest absolute Gasteiger partial charge is 0.493 e. The van der Waals surface area contributed by atoms with Crippen LogP contribution < -0.4 is 15.4 Å². The van der Waals surface area contributed by atoms with Gasteiger partial charge in [-0.3, -0.25) is 10.1 Å². The lowest BCUT2D eigenvalue weighted by Gasteiger charge is -2.29. The fourth-order valence-corrected chi connectivity index (χ4v) is 3.29. The highest BCUT2D eigenvalue weighted by Gasteiger charge is 2.26. The lowest BCUT2D eigenvalue weighted by atomic mass is 9.99. The minimum absolute atomic E-state index is 0.117. The number of hydrogen-bond donors (Lipinski definition) is 2. The van der Waals surface area contributed by atoms with E-state index in [1.807, 2.05) is 25.1 Å². The third kappa shape index (κ3) is 3.38. The standard InChI is InChI=1S/C17H24N2O2/c1-12(17(20)19-13-6-2-3-7-13)18-15-10-11-21-16-9-5-4-8-14(15)16/h4-5,8-9,12-13,15,18H,2-3,6-7,10-11H2,1H3,(H,19,20). The van der Waals surface area contributed by atoms with Crippen molar-refractivity contribution >= 4 is 5.91 Å². The Morgan fingerprint density at radius 1 is 1.24 bits per heavy atom. The summed E-state index contributed by atoms with van der Waals surface area (Å²) in [6.45, 7) is 2.65. The van der Waals surface area contributed by atoms with Crippen molar-refractivity contribution in [3.05, 3.63) is 29.8 Å². The van der Waals surface area contributed by atoms with Crippen LogP contribution in [0.15, 0.2) is 24.3 Å². The third-order valence-corrected chi connectivity index (χ3v) is 4.50. The second-order valence-corrected chi connectivity index (χ2v) is 6.11. The topological polar surface area (TPSA) is 50.4 Å². The molecule has 1 saturated carbocycles. The maximum absolute atomic E-state index is 12.3. The number of carbonyl (C=O) groups excluding carboxylic acids is 1. The summed E-state index contributed by atoms with van der Waals surface area (Å²) in [4.78, 5) is 12.3. The molecule has 21 heavy (non-hydrogen) atoms. The highest BCUT2D eigenvalue weighted by Crippen LogP contribution is 2.31. The zero-order valence-corrected chi connectivity index (χ0v) is 12.6. The monoisotopic (exact) mass is 288 g/mol. The molecule has 0 spiro atoms. The first-order chi connectivity index (χ1) is 10.2. The van der Waals surface area contributed by atoms with Gasteiger partial charge >= 0.3 is 0 Å². The van der Waals surface area contributed by atoms with Gasteiger partial charge in [0.1, 0.15) is 5.75 Å². The summed E-state index contributed by atoms with van der Waals surface area (Å²) in [7, 11) is 0. The molecule has 4 nitrogen and oxygen atoms in total. The predicted octanol–water partition coefficient (Wildman–Crippen LogP) is 2.55. The first-order valence-electron chi connectivity index (χ1n) is 8.02. The molecule has 2 atom stereocenters. The van der Waals surface area contributed by atoms with Gasteiger partial charge in [-0.25, -0.2) is 0 Å². The second kappa shape index (κ2) is 6.48. The van der Waals surface area contributed by atoms with Crippen molar-refractivity contribution in [2.45, 2.75) is 57.2 Å². The van der Waals surface area contributed by atoms with Crippen LogP contribution in [0, 0.1) is 0 Å². The smallest absolute Gasteiger partial charge is 0.237 e. The fraction of sp³-hybridized carbons (Fsp3) is 0.588. The number of amides is 1. The number of hydrogen-bond acceptors (Lipinski definition) is 3. The van der Waals surface area contributed by atoms with Gasteiger partial charge in [-0.1, -0.05) is 31.0 Å². The molecule has 1 aromatic rings. The Morgan fingerprint density at radius 2 is 2.00 bits per heavy atom. The summed E-state index contributed by atoms with van der Waals surface area (Å²) < 4.78 is 5.66. The summed E-state index contributed by atoms with van der Waals surface area (Å²) in [5, 5.41) is 6.62. The number of fused-ring (bicyclic) bond motifs is 1. The molecule has 0 saturated heterocycles. The molecule has 2 N–H and O–H groups in total. The van der Waals surface area contributed by atoms with Gasteiger partial charge in [0.2, 0.25) is 5.91 Å². The van der Waals surface area contributed by atoms with Crippen molar-refractivity contribution < 1.29 is 9.53 Å². The van der Waals surface area contributed by atoms with E-state index in [-0.39, 0.29) is 18.0 Å². The van der Waals surface area contributed by atoms with Crippen molar-refractivity contribution in [3.8, 4) is 5.75 Å². The van der Waals surface area contributed by atoms with Crippen LogP contribution in [-0.4, -0.2) is 24.6 Å². The van der Waals surface area contributed by atoms with E-state index in [9.17, 15) is 4.79 Å². The fourth-order valence-electron chi connectivity index (χ4n) is 3.29. The van der Waals surface area contributed by atoms with Crippen molar-refractivity contribution in [1.29, 1.82) is 0 Å². The number of rotatable bonds is 4. The van der Waals surface area contributed by atoms with Crippen LogP contribution in [-0.2, 0) is 4.79 Å². The zero-order chi connectivity index (χ0) is 14.7. The van der Waals surface area contributed by atoms with Crippen molar-refractivity contribution in [2.75, 3.05) is 6.61 Å². The van der Waals surface area contributed by atoms with E-state index in [4.69, 9.17) is 4.74 Å². The molecule has 0 bridgehead atoms. The molecule has 1 aliphatic heterocycles. The van der Waals surface area contributed by atoms with Crippen molar-refractivity contribution in [1.82, 2.24) is 10.6 Å². The van der Waals surface area contributed by atoms with Gasteiger partial charge in [0.25, 0.3) is 0 Å². The van der Waals surface area contributed by atoms with E-state index in [0.717, 1.165) is 30.6 Å². The Balaban J connectivity index is 1.59. The van der Waals surface area contributed by atoms with E-state index in [2.05, 4.69) is 16.7 Å². The van der Waals surface area contributed by atoms with Crippen LogP contribution in [0.5, 0.6) is 5.75 Å². The SMILES string of the molecule is CC(NC1CCOc2ccccc21)C(=O)NC1CCCC1. The number of carbonyl (C=O) groups is 1. The minimum atomic E-state index is -0.179. The molecule has 1 heterocycles. The Hall–Kier alpha value is -1.55. The van der Waals surface area contributed by atoms with Crippen LogP contribution in [0.4, 0.5) is 0 Å². The lowest BCUT2D eigenvalue weighted by molar-refractivity contribution is -0.123. The molecule has 0 aromatic heterocycles. The molecule has 1 aromatic carbocycles. The molecule has 2 unspecified atom stereocenters. The van der Waals surface area contributed by atoms with Gasteiger partial charge in [-0.2, -0.15) is 0 Å². The molecule has 0 radical (unpaired) electrons. The van der Waals surface area contributed by atoms with Gasteiger partial charge < -0.3 is 10.1 Å². The van der Waals surface area contributed by atoms with E-state index >= 15 is 0 Å². The molecular weight excluding hydrogens is 264 g/mol. The number of nitrogens with one attached hydrogen (secondary N) is 2. The van der Waals surface area contributed by atoms with Crippen LogP contribution in [0.2, 0.25) is 0 Å². The summed E-state index contributed by atoms with van der Waals surface area (Å²) in [6, 6.07) is 8.47. The van der Waals surface area contributed by atoms with E-state index in [0.29, 0.717) is 12.6 Å². The zero-order valence-electron chi connectivity index (χ0n) is 12.6. The molecular formula is C17H24N2O2. The third-order valence-electron chi connectivity index (χ3n) is 4.50. The van der Waals surface area contributed by atoms with Crippen molar-refractivity contribution in [2.24, 2.45) is 0 Å². The van der Waals surface area contributed by atoms with Gasteiger partial charge in [-0.05, 0) is 25.8 Å². The minimum Gasteiger partial charge on any atom is -0.493 e. The van der Waals surface area contributed by atoms with Gasteiger partial charge in [-0.15, -0.1) is 0 Å². The summed E-state index contributed by atoms with van der Waals surface area (Å²) in [6.07, 6.45) is 5.62. The number of ether oxygens (including phenoxy) is 1. The average molecular weight is 288 g/mol. The van der Waals surface area contributed by atoms with E-state index < -0.39 is 0 Å². The Bertz CT molecular complexity index is 497. The normalized spacial score (nSPS) is 23.2. The quantitative estimate of drug-likeness (QED) is 0.895. The number of benzene rings is 1. The van der Waals surface area contributed by atoms with E-state index in [1.165, 1.54) is 12.8 Å². The Kier molecular flexibility index (Phi) is 4.44. The van der Waals surface area contributed by atoms with Crippen molar-refractivity contribution in [3.63, 3.8) is 0 Å². The molecule has 4 heteroatoms. The van der Waals surface area contributed by atoms with Crippen LogP contribution >= 0.6 is 0 Å². The van der Waals surface area contributed by atoms with E-state index in [1.54, 1.807) is 0 Å². The highest BCUT2D eigenvalue weighted by atomic mass is 16.5. The summed E-state index contributed by atoms with van der Waals surface area (Å²) in [5.74, 6) is 1.05. The predicted molar refractivity (Wildman–Crippen MR) is 82.3 cm³/mol. The molecule has 3 rings (SSSR count). The molecule has 2 aliphatic rings.